The maximum atomic E-state index is 3.67. The van der Waals surface area contributed by atoms with Gasteiger partial charge in [0, 0.05) is 15.4 Å². The highest BCUT2D eigenvalue weighted by Crippen LogP contribution is 2.33. The molecule has 2 aromatic rings. The second-order valence-corrected chi connectivity index (χ2v) is 8.26. The number of hydrogen-bond acceptors (Lipinski definition) is 2. The summed E-state index contributed by atoms with van der Waals surface area (Å²) >= 11 is 9.02. The topological polar surface area (TPSA) is 12.0 Å². The Morgan fingerprint density at radius 3 is 2.65 bits per heavy atom. The summed E-state index contributed by atoms with van der Waals surface area (Å²) in [6.45, 7) is 5.41. The Morgan fingerprint density at radius 2 is 2.05 bits per heavy atom. The van der Waals surface area contributed by atoms with Crippen LogP contribution in [0.25, 0.3) is 0 Å². The number of aryl methyl sites for hydroxylation is 1. The molecule has 1 N–H and O–H groups in total. The Morgan fingerprint density at radius 1 is 1.25 bits per heavy atom. The molecule has 0 aliphatic carbocycles. The summed E-state index contributed by atoms with van der Waals surface area (Å²) in [6, 6.07) is 11.3. The quantitative estimate of drug-likeness (QED) is 0.621. The van der Waals surface area contributed by atoms with Gasteiger partial charge in [0.25, 0.3) is 0 Å². The SMILES string of the molecule is CCCNC(Cc1cccc(Br)c1)c1cc(C)c(Br)s1. The van der Waals surface area contributed by atoms with Gasteiger partial charge in [-0.3, -0.25) is 0 Å². The lowest BCUT2D eigenvalue weighted by molar-refractivity contribution is 0.536. The predicted octanol–water partition coefficient (Wildman–Crippen LogP) is 5.86. The van der Waals surface area contributed by atoms with Gasteiger partial charge in [-0.05, 0) is 71.6 Å². The molecule has 0 amide bonds. The van der Waals surface area contributed by atoms with E-state index in [-0.39, 0.29) is 0 Å². The van der Waals surface area contributed by atoms with Crippen LogP contribution in [-0.2, 0) is 6.42 Å². The lowest BCUT2D eigenvalue weighted by Gasteiger charge is -2.17. The zero-order valence-electron chi connectivity index (χ0n) is 11.7. The lowest BCUT2D eigenvalue weighted by Crippen LogP contribution is -2.23. The van der Waals surface area contributed by atoms with Gasteiger partial charge in [0.2, 0.25) is 0 Å². The van der Waals surface area contributed by atoms with E-state index in [4.69, 9.17) is 0 Å². The number of nitrogens with one attached hydrogen (secondary N) is 1. The molecule has 1 nitrogen and oxygen atoms in total. The van der Waals surface area contributed by atoms with Crippen LogP contribution in [0.3, 0.4) is 0 Å². The van der Waals surface area contributed by atoms with Crippen LogP contribution in [0, 0.1) is 6.92 Å². The third-order valence-corrected chi connectivity index (χ3v) is 5.93. The van der Waals surface area contributed by atoms with Gasteiger partial charge >= 0.3 is 0 Å². The lowest BCUT2D eigenvalue weighted by atomic mass is 10.0. The molecule has 1 aromatic carbocycles. The summed E-state index contributed by atoms with van der Waals surface area (Å²) in [5.74, 6) is 0. The van der Waals surface area contributed by atoms with Crippen LogP contribution < -0.4 is 5.32 Å². The number of benzene rings is 1. The smallest absolute Gasteiger partial charge is 0.0731 e. The van der Waals surface area contributed by atoms with Crippen molar-refractivity contribution >= 4 is 43.2 Å². The normalized spacial score (nSPS) is 12.6. The van der Waals surface area contributed by atoms with Crippen molar-refractivity contribution in [3.63, 3.8) is 0 Å². The molecule has 0 aliphatic rings. The predicted molar refractivity (Wildman–Crippen MR) is 95.6 cm³/mol. The van der Waals surface area contributed by atoms with Crippen LogP contribution in [0.2, 0.25) is 0 Å². The average molecular weight is 417 g/mol. The highest BCUT2D eigenvalue weighted by Gasteiger charge is 2.15. The second kappa shape index (κ2) is 7.74. The van der Waals surface area contributed by atoms with Gasteiger partial charge in [0.15, 0.2) is 0 Å². The van der Waals surface area contributed by atoms with E-state index >= 15 is 0 Å². The summed E-state index contributed by atoms with van der Waals surface area (Å²) < 4.78 is 2.39. The summed E-state index contributed by atoms with van der Waals surface area (Å²) in [7, 11) is 0. The first-order valence-electron chi connectivity index (χ1n) is 6.83. The van der Waals surface area contributed by atoms with Gasteiger partial charge in [0.1, 0.15) is 0 Å². The van der Waals surface area contributed by atoms with E-state index in [0.717, 1.165) is 23.9 Å². The molecule has 1 heterocycles. The van der Waals surface area contributed by atoms with E-state index < -0.39 is 0 Å². The van der Waals surface area contributed by atoms with E-state index in [1.807, 2.05) is 11.3 Å². The van der Waals surface area contributed by atoms with Crippen molar-refractivity contribution in [1.82, 2.24) is 5.32 Å². The minimum Gasteiger partial charge on any atom is -0.309 e. The first-order valence-corrected chi connectivity index (χ1v) is 9.24. The molecule has 0 bridgehead atoms. The molecular weight excluding hydrogens is 398 g/mol. The minimum atomic E-state index is 0.388. The Hall–Kier alpha value is -0.160. The summed E-state index contributed by atoms with van der Waals surface area (Å²) in [5, 5.41) is 3.67. The first-order chi connectivity index (χ1) is 9.60. The van der Waals surface area contributed by atoms with Gasteiger partial charge < -0.3 is 5.32 Å². The second-order valence-electron chi connectivity index (χ2n) is 4.95. The maximum absolute atomic E-state index is 3.67. The van der Waals surface area contributed by atoms with Crippen molar-refractivity contribution < 1.29 is 0 Å². The minimum absolute atomic E-state index is 0.388. The highest BCUT2D eigenvalue weighted by molar-refractivity contribution is 9.11. The van der Waals surface area contributed by atoms with Crippen LogP contribution in [-0.4, -0.2) is 6.54 Å². The van der Waals surface area contributed by atoms with Crippen molar-refractivity contribution in [2.75, 3.05) is 6.54 Å². The van der Waals surface area contributed by atoms with Crippen LogP contribution in [0.5, 0.6) is 0 Å². The number of halogens is 2. The Labute approximate surface area is 142 Å². The summed E-state index contributed by atoms with van der Waals surface area (Å²) in [5.41, 5.74) is 2.68. The van der Waals surface area contributed by atoms with E-state index in [1.54, 1.807) is 0 Å². The number of thiophene rings is 1. The molecule has 20 heavy (non-hydrogen) atoms. The van der Waals surface area contributed by atoms with Crippen molar-refractivity contribution in [3.8, 4) is 0 Å². The third-order valence-electron chi connectivity index (χ3n) is 3.19. The monoisotopic (exact) mass is 415 g/mol. The van der Waals surface area contributed by atoms with Gasteiger partial charge in [0.05, 0.1) is 3.79 Å². The molecule has 1 atom stereocenters. The molecule has 0 saturated carbocycles. The standard InChI is InChI=1S/C16H19Br2NS/c1-3-7-19-14(15-8-11(2)16(18)20-15)10-12-5-4-6-13(17)9-12/h4-6,8-9,14,19H,3,7,10H2,1-2H3. The number of hydrogen-bond donors (Lipinski definition) is 1. The average Bonchev–Trinajstić information content (AvgIpc) is 2.74. The first kappa shape index (κ1) is 16.2. The van der Waals surface area contributed by atoms with Gasteiger partial charge in [-0.15, -0.1) is 11.3 Å². The van der Waals surface area contributed by atoms with Crippen LogP contribution in [0.1, 0.15) is 35.4 Å². The fourth-order valence-corrected chi connectivity index (χ4v) is 4.24. The van der Waals surface area contributed by atoms with Crippen molar-refractivity contribution in [2.45, 2.75) is 32.7 Å². The Kier molecular flexibility index (Phi) is 6.27. The Balaban J connectivity index is 2.19. The fraction of sp³-hybridized carbons (Fsp3) is 0.375. The molecule has 0 spiro atoms. The molecule has 108 valence electrons. The van der Waals surface area contributed by atoms with E-state index in [1.165, 1.54) is 19.8 Å². The highest BCUT2D eigenvalue weighted by atomic mass is 79.9. The third kappa shape index (κ3) is 4.42. The summed E-state index contributed by atoms with van der Waals surface area (Å²) in [6.07, 6.45) is 2.17. The zero-order chi connectivity index (χ0) is 14.5. The number of rotatable bonds is 6. The largest absolute Gasteiger partial charge is 0.309 e. The molecule has 1 unspecified atom stereocenters. The molecule has 2 rings (SSSR count). The molecule has 0 fully saturated rings. The van der Waals surface area contributed by atoms with Crippen LogP contribution >= 0.6 is 43.2 Å². The fourth-order valence-electron chi connectivity index (χ4n) is 2.15. The molecule has 0 saturated heterocycles. The van der Waals surface area contributed by atoms with Crippen molar-refractivity contribution in [2.24, 2.45) is 0 Å². The van der Waals surface area contributed by atoms with E-state index in [0.29, 0.717) is 6.04 Å². The zero-order valence-corrected chi connectivity index (χ0v) is 15.7. The van der Waals surface area contributed by atoms with Crippen molar-refractivity contribution in [3.05, 3.63) is 54.6 Å². The Bertz CT molecular complexity index is 546. The summed E-state index contributed by atoms with van der Waals surface area (Å²) in [4.78, 5) is 1.41. The van der Waals surface area contributed by atoms with Crippen LogP contribution in [0.4, 0.5) is 0 Å². The van der Waals surface area contributed by atoms with E-state index in [9.17, 15) is 0 Å². The molecule has 4 heteroatoms. The molecule has 0 radical (unpaired) electrons. The maximum Gasteiger partial charge on any atom is 0.0731 e. The molecule has 0 aliphatic heterocycles. The molecular formula is C16H19Br2NS. The van der Waals surface area contributed by atoms with E-state index in [2.05, 4.69) is 81.4 Å². The van der Waals surface area contributed by atoms with Gasteiger partial charge in [-0.25, -0.2) is 0 Å². The van der Waals surface area contributed by atoms with Gasteiger partial charge in [-0.2, -0.15) is 0 Å². The van der Waals surface area contributed by atoms with Gasteiger partial charge in [-0.1, -0.05) is 35.0 Å². The van der Waals surface area contributed by atoms with Crippen molar-refractivity contribution in [1.29, 1.82) is 0 Å². The van der Waals surface area contributed by atoms with Crippen LogP contribution in [0.15, 0.2) is 38.6 Å². The molecule has 1 aromatic heterocycles.